The highest BCUT2D eigenvalue weighted by molar-refractivity contribution is 7.53. The zero-order chi connectivity index (χ0) is 27.5. The van der Waals surface area contributed by atoms with E-state index in [1.807, 2.05) is 60.7 Å². The fourth-order valence-corrected chi connectivity index (χ4v) is 5.49. The summed E-state index contributed by atoms with van der Waals surface area (Å²) in [4.78, 5) is 24.0. The maximum absolute atomic E-state index is 13.1. The summed E-state index contributed by atoms with van der Waals surface area (Å²) >= 11 is 0. The lowest BCUT2D eigenvalue weighted by atomic mass is 9.92. The molecule has 1 aliphatic rings. The predicted molar refractivity (Wildman–Crippen MR) is 139 cm³/mol. The minimum Gasteiger partial charge on any atom is -0.463 e. The largest absolute Gasteiger partial charge is 0.463 e. The molecule has 2 aromatic rings. The number of hydrogen-bond donors (Lipinski definition) is 1. The first kappa shape index (κ1) is 30.0. The van der Waals surface area contributed by atoms with Crippen molar-refractivity contribution in [2.45, 2.75) is 57.5 Å². The van der Waals surface area contributed by atoms with Crippen molar-refractivity contribution in [1.29, 1.82) is 0 Å². The molecule has 5 atom stereocenters. The van der Waals surface area contributed by atoms with Gasteiger partial charge in [-0.25, -0.2) is 0 Å². The van der Waals surface area contributed by atoms with E-state index in [1.165, 1.54) is 28.1 Å². The third kappa shape index (κ3) is 8.73. The van der Waals surface area contributed by atoms with Crippen LogP contribution in [-0.4, -0.2) is 69.3 Å². The van der Waals surface area contributed by atoms with E-state index in [0.29, 0.717) is 0 Å². The number of amides is 1. The van der Waals surface area contributed by atoms with E-state index < -0.39 is 44.0 Å². The Kier molecular flexibility index (Phi) is 11.5. The van der Waals surface area contributed by atoms with Crippen LogP contribution in [0.5, 0.6) is 0 Å². The summed E-state index contributed by atoms with van der Waals surface area (Å²) in [6.07, 6.45) is -3.33. The maximum atomic E-state index is 13.1. The second-order valence-electron chi connectivity index (χ2n) is 8.92. The maximum Gasteiger partial charge on any atom is 0.332 e. The van der Waals surface area contributed by atoms with Gasteiger partial charge in [-0.1, -0.05) is 60.7 Å². The normalized spacial score (nSPS) is 23.5. The molecule has 0 unspecified atom stereocenters. The molecule has 1 N–H and O–H groups in total. The molecule has 10 nitrogen and oxygen atoms in total. The second-order valence-corrected chi connectivity index (χ2v) is 11.2. The smallest absolute Gasteiger partial charge is 0.332 e. The van der Waals surface area contributed by atoms with Crippen LogP contribution in [0, 0.1) is 0 Å². The van der Waals surface area contributed by atoms with Gasteiger partial charge in [-0.05, 0) is 11.1 Å². The molecule has 0 aromatic heterocycles. The summed E-state index contributed by atoms with van der Waals surface area (Å²) in [5.41, 5.74) is 1.83. The molecule has 3 rings (SSSR count). The first-order valence-corrected chi connectivity index (χ1v) is 14.0. The molecule has 1 amide bonds. The molecule has 0 saturated carbocycles. The molecular weight excluding hydrogens is 513 g/mol. The number of rotatable bonds is 13. The third-order valence-corrected chi connectivity index (χ3v) is 8.07. The van der Waals surface area contributed by atoms with E-state index in [9.17, 15) is 14.2 Å². The highest BCUT2D eigenvalue weighted by Crippen LogP contribution is 2.48. The number of benzene rings is 2. The van der Waals surface area contributed by atoms with Crippen LogP contribution in [0.4, 0.5) is 0 Å². The van der Waals surface area contributed by atoms with Gasteiger partial charge >= 0.3 is 13.6 Å². The van der Waals surface area contributed by atoms with Crippen molar-refractivity contribution in [2.24, 2.45) is 0 Å². The zero-order valence-electron chi connectivity index (χ0n) is 22.1. The molecule has 38 heavy (non-hydrogen) atoms. The van der Waals surface area contributed by atoms with E-state index in [2.05, 4.69) is 5.32 Å². The summed E-state index contributed by atoms with van der Waals surface area (Å²) in [6, 6.07) is 18.3. The number of nitrogens with one attached hydrogen (secondary N) is 1. The number of hydrogen-bond acceptors (Lipinski definition) is 9. The van der Waals surface area contributed by atoms with Crippen molar-refractivity contribution in [3.63, 3.8) is 0 Å². The monoisotopic (exact) mass is 549 g/mol. The second kappa shape index (κ2) is 14.5. The van der Waals surface area contributed by atoms with E-state index >= 15 is 0 Å². The Morgan fingerprint density at radius 1 is 0.842 bits per heavy atom. The Labute approximate surface area is 223 Å². The molecule has 1 aliphatic heterocycles. The third-order valence-electron chi connectivity index (χ3n) is 6.15. The van der Waals surface area contributed by atoms with Crippen LogP contribution < -0.4 is 5.32 Å². The van der Waals surface area contributed by atoms with Gasteiger partial charge in [0.2, 0.25) is 5.91 Å². The SMILES string of the molecule is COP(=O)(C[C@H]1O[C@H](COC(C)=O)[C@@H](OCc2ccccc2)[C@H](OCc2ccccc2)[C@@H]1NC(C)=O)OC. The van der Waals surface area contributed by atoms with Crippen LogP contribution in [0.25, 0.3) is 0 Å². The molecule has 1 heterocycles. The van der Waals surface area contributed by atoms with Crippen molar-refractivity contribution >= 4 is 19.5 Å². The minimum atomic E-state index is -3.56. The molecule has 1 fully saturated rings. The van der Waals surface area contributed by atoms with Gasteiger partial charge in [-0.2, -0.15) is 0 Å². The lowest BCUT2D eigenvalue weighted by Gasteiger charge is -2.46. The lowest BCUT2D eigenvalue weighted by molar-refractivity contribution is -0.227. The Morgan fingerprint density at radius 3 is 1.84 bits per heavy atom. The van der Waals surface area contributed by atoms with Crippen molar-refractivity contribution in [3.05, 3.63) is 71.8 Å². The van der Waals surface area contributed by atoms with Crippen molar-refractivity contribution < 1.29 is 42.1 Å². The topological polar surface area (TPSA) is 119 Å². The molecule has 208 valence electrons. The molecule has 11 heteroatoms. The van der Waals surface area contributed by atoms with Crippen LogP contribution in [0.3, 0.4) is 0 Å². The number of carbonyl (C=O) groups excluding carboxylic acids is 2. The molecule has 0 spiro atoms. The van der Waals surface area contributed by atoms with Gasteiger partial charge in [0.05, 0.1) is 31.5 Å². The van der Waals surface area contributed by atoms with E-state index in [1.54, 1.807) is 0 Å². The van der Waals surface area contributed by atoms with E-state index in [0.717, 1.165) is 11.1 Å². The van der Waals surface area contributed by atoms with Crippen molar-refractivity contribution in [2.75, 3.05) is 27.0 Å². The highest BCUT2D eigenvalue weighted by atomic mass is 31.2. The van der Waals surface area contributed by atoms with Gasteiger partial charge in [-0.3, -0.25) is 14.2 Å². The first-order chi connectivity index (χ1) is 18.2. The summed E-state index contributed by atoms with van der Waals surface area (Å²) in [6.45, 7) is 2.98. The molecule has 0 radical (unpaired) electrons. The Balaban J connectivity index is 1.98. The Morgan fingerprint density at radius 2 is 1.37 bits per heavy atom. The lowest BCUT2D eigenvalue weighted by Crippen LogP contribution is -2.66. The zero-order valence-corrected chi connectivity index (χ0v) is 23.0. The van der Waals surface area contributed by atoms with Crippen LogP contribution >= 0.6 is 7.60 Å². The van der Waals surface area contributed by atoms with E-state index in [-0.39, 0.29) is 31.9 Å². The molecule has 0 bridgehead atoms. The van der Waals surface area contributed by atoms with Crippen LogP contribution in [0.15, 0.2) is 60.7 Å². The van der Waals surface area contributed by atoms with Gasteiger partial charge in [0.25, 0.3) is 0 Å². The molecule has 2 aromatic carbocycles. The van der Waals surface area contributed by atoms with Crippen LogP contribution in [0.2, 0.25) is 0 Å². The molecule has 0 aliphatic carbocycles. The number of ether oxygens (including phenoxy) is 4. The summed E-state index contributed by atoms with van der Waals surface area (Å²) < 4.78 is 47.8. The fourth-order valence-electron chi connectivity index (χ4n) is 4.29. The van der Waals surface area contributed by atoms with Gasteiger partial charge in [0.1, 0.15) is 24.9 Å². The first-order valence-electron chi connectivity index (χ1n) is 12.3. The molecule has 1 saturated heterocycles. The minimum absolute atomic E-state index is 0.131. The summed E-state index contributed by atoms with van der Waals surface area (Å²) in [5.74, 6) is -0.820. The average molecular weight is 550 g/mol. The van der Waals surface area contributed by atoms with Crippen molar-refractivity contribution in [3.8, 4) is 0 Å². The highest BCUT2D eigenvalue weighted by Gasteiger charge is 2.50. The Hall–Kier alpha value is -2.59. The predicted octanol–water partition coefficient (Wildman–Crippen LogP) is 3.48. The Bertz CT molecular complexity index is 1060. The van der Waals surface area contributed by atoms with Gasteiger partial charge in [-0.15, -0.1) is 0 Å². The average Bonchev–Trinajstić information content (AvgIpc) is 2.92. The fraction of sp³-hybridized carbons (Fsp3) is 0.481. The standard InChI is InChI=1S/C27H36NO9P/c1-19(29)28-25-24(18-38(31,32-3)33-4)37-23(17-34-20(2)30)26(35-15-21-11-7-5-8-12-21)27(25)36-16-22-13-9-6-10-14-22/h5-14,23-27H,15-18H2,1-4H3,(H,28,29)/t23-,24-,25-,26-,27-/m1/s1. The molecular formula is C27H36NO9P. The summed E-state index contributed by atoms with van der Waals surface area (Å²) in [7, 11) is -0.994. The number of esters is 1. The van der Waals surface area contributed by atoms with Gasteiger partial charge in [0.15, 0.2) is 0 Å². The van der Waals surface area contributed by atoms with Crippen LogP contribution in [-0.2, 0) is 55.4 Å². The van der Waals surface area contributed by atoms with Gasteiger partial charge in [0, 0.05) is 28.1 Å². The quantitative estimate of drug-likeness (QED) is 0.296. The number of carbonyl (C=O) groups is 2. The van der Waals surface area contributed by atoms with Gasteiger partial charge < -0.3 is 33.3 Å². The van der Waals surface area contributed by atoms with Crippen molar-refractivity contribution in [1.82, 2.24) is 5.32 Å². The van der Waals surface area contributed by atoms with E-state index in [4.69, 9.17) is 28.0 Å². The van der Waals surface area contributed by atoms with Crippen LogP contribution in [0.1, 0.15) is 25.0 Å². The summed E-state index contributed by atoms with van der Waals surface area (Å²) in [5, 5.41) is 2.89.